The molecule has 2 aliphatic rings. The fourth-order valence-corrected chi connectivity index (χ4v) is 3.04. The minimum Gasteiger partial charge on any atom is -0.378 e. The zero-order chi connectivity index (χ0) is 16.1. The zero-order valence-electron chi connectivity index (χ0n) is 14.4. The largest absolute Gasteiger partial charge is 0.378 e. The SMILES string of the molecule is CCc1cc(N2CCC(NC(=O)C3COCCN3)CC2)ncn1.Cl.Cl. The van der Waals surface area contributed by atoms with Gasteiger partial charge in [0.05, 0.1) is 13.2 Å². The van der Waals surface area contributed by atoms with Gasteiger partial charge in [-0.2, -0.15) is 0 Å². The van der Waals surface area contributed by atoms with E-state index in [0.717, 1.165) is 50.4 Å². The van der Waals surface area contributed by atoms with Crippen molar-refractivity contribution in [2.75, 3.05) is 37.7 Å². The lowest BCUT2D eigenvalue weighted by molar-refractivity contribution is -0.126. The number of rotatable bonds is 4. The van der Waals surface area contributed by atoms with E-state index in [1.165, 1.54) is 0 Å². The number of aromatic nitrogens is 2. The Hall–Kier alpha value is -1.15. The molecule has 0 saturated carbocycles. The van der Waals surface area contributed by atoms with Crippen molar-refractivity contribution >= 4 is 36.5 Å². The third-order valence-corrected chi connectivity index (χ3v) is 4.47. The maximum Gasteiger partial charge on any atom is 0.239 e. The molecule has 0 aliphatic carbocycles. The van der Waals surface area contributed by atoms with Gasteiger partial charge in [0.2, 0.25) is 5.91 Å². The first-order chi connectivity index (χ1) is 11.3. The van der Waals surface area contributed by atoms with Crippen LogP contribution < -0.4 is 15.5 Å². The van der Waals surface area contributed by atoms with Crippen molar-refractivity contribution in [1.29, 1.82) is 0 Å². The highest BCUT2D eigenvalue weighted by Crippen LogP contribution is 2.18. The summed E-state index contributed by atoms with van der Waals surface area (Å²) in [4.78, 5) is 23.1. The molecule has 2 N–H and O–H groups in total. The molecule has 0 bridgehead atoms. The molecule has 0 aromatic carbocycles. The Morgan fingerprint density at radius 1 is 1.36 bits per heavy atom. The summed E-state index contributed by atoms with van der Waals surface area (Å²) >= 11 is 0. The molecule has 1 unspecified atom stereocenters. The van der Waals surface area contributed by atoms with Crippen LogP contribution in [0.4, 0.5) is 5.82 Å². The van der Waals surface area contributed by atoms with Crippen LogP contribution in [-0.2, 0) is 16.0 Å². The molecule has 1 aromatic rings. The van der Waals surface area contributed by atoms with Crippen LogP contribution in [0.3, 0.4) is 0 Å². The fourth-order valence-electron chi connectivity index (χ4n) is 3.04. The first-order valence-corrected chi connectivity index (χ1v) is 8.43. The van der Waals surface area contributed by atoms with Gasteiger partial charge in [-0.1, -0.05) is 6.92 Å². The Kier molecular flexibility index (Phi) is 9.42. The van der Waals surface area contributed by atoms with Crippen molar-refractivity contribution in [2.45, 2.75) is 38.3 Å². The molecular formula is C16H27Cl2N5O2. The summed E-state index contributed by atoms with van der Waals surface area (Å²) in [7, 11) is 0. The van der Waals surface area contributed by atoms with Gasteiger partial charge >= 0.3 is 0 Å². The number of nitrogens with one attached hydrogen (secondary N) is 2. The fraction of sp³-hybridized carbons (Fsp3) is 0.688. The number of carbonyl (C=O) groups is 1. The van der Waals surface area contributed by atoms with E-state index in [4.69, 9.17) is 4.74 Å². The molecule has 2 aliphatic heterocycles. The van der Waals surface area contributed by atoms with E-state index in [9.17, 15) is 4.79 Å². The van der Waals surface area contributed by atoms with Crippen LogP contribution in [0, 0.1) is 0 Å². The number of nitrogens with zero attached hydrogens (tertiary/aromatic N) is 3. The standard InChI is InChI=1S/C16H25N5O2.2ClH/c1-2-12-9-15(19-11-18-12)21-6-3-13(4-7-21)20-16(22)14-10-23-8-5-17-14;;/h9,11,13-14,17H,2-8,10H2,1H3,(H,20,22);2*1H. The molecule has 1 amide bonds. The lowest BCUT2D eigenvalue weighted by atomic mass is 10.0. The summed E-state index contributed by atoms with van der Waals surface area (Å²) in [5, 5.41) is 6.33. The number of ether oxygens (including phenoxy) is 1. The van der Waals surface area contributed by atoms with Gasteiger partial charge < -0.3 is 20.3 Å². The number of anilines is 1. The molecule has 2 saturated heterocycles. The minimum atomic E-state index is -0.212. The second-order valence-corrected chi connectivity index (χ2v) is 6.07. The molecule has 1 atom stereocenters. The van der Waals surface area contributed by atoms with E-state index < -0.39 is 0 Å². The summed E-state index contributed by atoms with van der Waals surface area (Å²) in [5.74, 6) is 1.04. The number of carbonyl (C=O) groups excluding carboxylic acids is 1. The highest BCUT2D eigenvalue weighted by Gasteiger charge is 2.26. The van der Waals surface area contributed by atoms with E-state index >= 15 is 0 Å². The average molecular weight is 392 g/mol. The summed E-state index contributed by atoms with van der Waals surface area (Å²) in [6.07, 6.45) is 4.42. The van der Waals surface area contributed by atoms with Crippen molar-refractivity contribution in [1.82, 2.24) is 20.6 Å². The van der Waals surface area contributed by atoms with Gasteiger partial charge in [0, 0.05) is 37.4 Å². The first-order valence-electron chi connectivity index (χ1n) is 8.43. The van der Waals surface area contributed by atoms with E-state index in [0.29, 0.717) is 13.2 Å². The van der Waals surface area contributed by atoms with Gasteiger partial charge in [0.15, 0.2) is 0 Å². The van der Waals surface area contributed by atoms with Gasteiger partial charge in [-0.05, 0) is 19.3 Å². The Balaban J connectivity index is 0.00000156. The number of amides is 1. The number of morpholine rings is 1. The van der Waals surface area contributed by atoms with Gasteiger partial charge in [0.25, 0.3) is 0 Å². The molecule has 3 heterocycles. The summed E-state index contributed by atoms with van der Waals surface area (Å²) < 4.78 is 5.34. The molecule has 3 rings (SSSR count). The van der Waals surface area contributed by atoms with Gasteiger partial charge in [0.1, 0.15) is 18.2 Å². The monoisotopic (exact) mass is 391 g/mol. The third kappa shape index (κ3) is 5.95. The molecule has 0 radical (unpaired) electrons. The zero-order valence-corrected chi connectivity index (χ0v) is 16.1. The van der Waals surface area contributed by atoms with Crippen LogP contribution in [0.5, 0.6) is 0 Å². The minimum absolute atomic E-state index is 0. The Morgan fingerprint density at radius 2 is 2.12 bits per heavy atom. The van der Waals surface area contributed by atoms with Crippen LogP contribution in [0.1, 0.15) is 25.5 Å². The molecule has 1 aromatic heterocycles. The molecular weight excluding hydrogens is 365 g/mol. The van der Waals surface area contributed by atoms with Crippen molar-refractivity contribution in [3.8, 4) is 0 Å². The van der Waals surface area contributed by atoms with Gasteiger partial charge in [-0.3, -0.25) is 4.79 Å². The van der Waals surface area contributed by atoms with Crippen LogP contribution in [0.15, 0.2) is 12.4 Å². The number of hydrogen-bond acceptors (Lipinski definition) is 6. The van der Waals surface area contributed by atoms with Gasteiger partial charge in [-0.25, -0.2) is 9.97 Å². The van der Waals surface area contributed by atoms with Crippen LogP contribution >= 0.6 is 24.8 Å². The summed E-state index contributed by atoms with van der Waals surface area (Å²) in [5.41, 5.74) is 1.06. The molecule has 7 nitrogen and oxygen atoms in total. The average Bonchev–Trinajstić information content (AvgIpc) is 2.63. The van der Waals surface area contributed by atoms with E-state index in [1.54, 1.807) is 6.33 Å². The maximum atomic E-state index is 12.2. The van der Waals surface area contributed by atoms with Crippen molar-refractivity contribution in [2.24, 2.45) is 0 Å². The van der Waals surface area contributed by atoms with E-state index in [2.05, 4.69) is 38.5 Å². The van der Waals surface area contributed by atoms with Crippen LogP contribution in [0.25, 0.3) is 0 Å². The first kappa shape index (κ1) is 21.9. The number of aryl methyl sites for hydroxylation is 1. The Morgan fingerprint density at radius 3 is 2.76 bits per heavy atom. The highest BCUT2D eigenvalue weighted by atomic mass is 35.5. The highest BCUT2D eigenvalue weighted by molar-refractivity contribution is 5.85. The lowest BCUT2D eigenvalue weighted by Gasteiger charge is -2.34. The lowest BCUT2D eigenvalue weighted by Crippen LogP contribution is -2.55. The maximum absolute atomic E-state index is 12.2. The third-order valence-electron chi connectivity index (χ3n) is 4.47. The molecule has 2 fully saturated rings. The molecule has 9 heteroatoms. The van der Waals surface area contributed by atoms with Crippen molar-refractivity contribution in [3.05, 3.63) is 18.1 Å². The summed E-state index contributed by atoms with van der Waals surface area (Å²) in [6, 6.07) is 2.08. The second kappa shape index (κ2) is 10.8. The van der Waals surface area contributed by atoms with E-state index in [1.807, 2.05) is 0 Å². The Bertz CT molecular complexity index is 535. The van der Waals surface area contributed by atoms with Crippen molar-refractivity contribution in [3.63, 3.8) is 0 Å². The normalized spacial score (nSPS) is 21.0. The topological polar surface area (TPSA) is 79.4 Å². The number of piperidine rings is 1. The smallest absolute Gasteiger partial charge is 0.239 e. The molecule has 142 valence electrons. The number of hydrogen-bond donors (Lipinski definition) is 2. The van der Waals surface area contributed by atoms with Crippen LogP contribution in [0.2, 0.25) is 0 Å². The van der Waals surface area contributed by atoms with E-state index in [-0.39, 0.29) is 42.8 Å². The summed E-state index contributed by atoms with van der Waals surface area (Å²) in [6.45, 7) is 5.78. The van der Waals surface area contributed by atoms with Crippen LogP contribution in [-0.4, -0.2) is 60.8 Å². The quantitative estimate of drug-likeness (QED) is 0.795. The van der Waals surface area contributed by atoms with Gasteiger partial charge in [-0.15, -0.1) is 24.8 Å². The predicted octanol–water partition coefficient (Wildman–Crippen LogP) is 0.956. The Labute approximate surface area is 161 Å². The predicted molar refractivity (Wildman–Crippen MR) is 102 cm³/mol. The molecule has 25 heavy (non-hydrogen) atoms. The van der Waals surface area contributed by atoms with Crippen molar-refractivity contribution < 1.29 is 9.53 Å². The molecule has 0 spiro atoms. The number of halogens is 2. The second-order valence-electron chi connectivity index (χ2n) is 6.07.